The number of nitrogens with zero attached hydrogens (tertiary/aromatic N) is 1. The van der Waals surface area contributed by atoms with E-state index in [4.69, 9.17) is 4.42 Å². The van der Waals surface area contributed by atoms with Gasteiger partial charge in [-0.25, -0.2) is 4.98 Å². The molecule has 0 fully saturated rings. The first kappa shape index (κ1) is 18.0. The summed E-state index contributed by atoms with van der Waals surface area (Å²) in [7, 11) is 0. The van der Waals surface area contributed by atoms with E-state index in [9.17, 15) is 13.2 Å². The SMILES string of the molecule is FC(F)(F)c1ccc(-c2cnc(C(c3ccccc3)c3ccccc3)o2)cc1. The average molecular weight is 379 g/mol. The van der Waals surface area contributed by atoms with E-state index in [0.29, 0.717) is 17.2 Å². The van der Waals surface area contributed by atoms with Gasteiger partial charge < -0.3 is 4.42 Å². The van der Waals surface area contributed by atoms with Gasteiger partial charge in [-0.15, -0.1) is 0 Å². The van der Waals surface area contributed by atoms with E-state index >= 15 is 0 Å². The second kappa shape index (κ2) is 7.35. The average Bonchev–Trinajstić information content (AvgIpc) is 3.19. The van der Waals surface area contributed by atoms with Gasteiger partial charge in [0.15, 0.2) is 5.76 Å². The number of halogens is 3. The lowest BCUT2D eigenvalue weighted by atomic mass is 9.91. The van der Waals surface area contributed by atoms with Crippen molar-refractivity contribution in [1.82, 2.24) is 4.98 Å². The molecule has 4 aromatic rings. The van der Waals surface area contributed by atoms with E-state index < -0.39 is 11.7 Å². The Morgan fingerprint density at radius 2 is 1.25 bits per heavy atom. The molecule has 0 atom stereocenters. The summed E-state index contributed by atoms with van der Waals surface area (Å²) < 4.78 is 44.3. The maximum atomic E-state index is 12.8. The van der Waals surface area contributed by atoms with Crippen LogP contribution in [0.2, 0.25) is 0 Å². The second-order valence-corrected chi connectivity index (χ2v) is 6.39. The van der Waals surface area contributed by atoms with Gasteiger partial charge in [0, 0.05) is 5.56 Å². The Bertz CT molecular complexity index is 999. The van der Waals surface area contributed by atoms with Crippen molar-refractivity contribution in [2.75, 3.05) is 0 Å². The molecule has 1 heterocycles. The van der Waals surface area contributed by atoms with Crippen molar-refractivity contribution >= 4 is 0 Å². The molecule has 4 rings (SSSR count). The minimum atomic E-state index is -4.36. The first-order valence-electron chi connectivity index (χ1n) is 8.75. The van der Waals surface area contributed by atoms with E-state index in [-0.39, 0.29) is 5.92 Å². The van der Waals surface area contributed by atoms with Crippen LogP contribution in [0.3, 0.4) is 0 Å². The molecule has 2 nitrogen and oxygen atoms in total. The van der Waals surface area contributed by atoms with Crippen LogP contribution in [-0.2, 0) is 6.18 Å². The number of hydrogen-bond donors (Lipinski definition) is 0. The van der Waals surface area contributed by atoms with Crippen molar-refractivity contribution in [2.45, 2.75) is 12.1 Å². The summed E-state index contributed by atoms with van der Waals surface area (Å²) in [6.07, 6.45) is -2.81. The highest BCUT2D eigenvalue weighted by atomic mass is 19.4. The Kier molecular flexibility index (Phi) is 4.74. The van der Waals surface area contributed by atoms with Gasteiger partial charge in [-0.3, -0.25) is 0 Å². The van der Waals surface area contributed by atoms with Crippen molar-refractivity contribution in [2.24, 2.45) is 0 Å². The fourth-order valence-electron chi connectivity index (χ4n) is 3.15. The standard InChI is InChI=1S/C23H16F3NO/c24-23(25,26)19-13-11-16(12-14-19)20-15-27-22(28-20)21(17-7-3-1-4-8-17)18-9-5-2-6-10-18/h1-15,21H. The molecule has 0 aliphatic rings. The minimum absolute atomic E-state index is 0.203. The third-order valence-electron chi connectivity index (χ3n) is 4.53. The van der Waals surface area contributed by atoms with E-state index in [1.54, 1.807) is 6.20 Å². The number of alkyl halides is 3. The summed E-state index contributed by atoms with van der Waals surface area (Å²) >= 11 is 0. The maximum absolute atomic E-state index is 12.8. The van der Waals surface area contributed by atoms with Gasteiger partial charge in [-0.05, 0) is 23.3 Å². The monoisotopic (exact) mass is 379 g/mol. The van der Waals surface area contributed by atoms with Gasteiger partial charge >= 0.3 is 6.18 Å². The zero-order valence-corrected chi connectivity index (χ0v) is 14.7. The topological polar surface area (TPSA) is 26.0 Å². The summed E-state index contributed by atoms with van der Waals surface area (Å²) in [5.41, 5.74) is 1.90. The number of rotatable bonds is 4. The highest BCUT2D eigenvalue weighted by Crippen LogP contribution is 2.35. The third kappa shape index (κ3) is 3.69. The zero-order chi connectivity index (χ0) is 19.6. The summed E-state index contributed by atoms with van der Waals surface area (Å²) in [5.74, 6) is 0.721. The van der Waals surface area contributed by atoms with Crippen LogP contribution in [0.25, 0.3) is 11.3 Å². The molecule has 0 aliphatic heterocycles. The van der Waals surface area contributed by atoms with Crippen molar-refractivity contribution < 1.29 is 17.6 Å². The molecule has 0 N–H and O–H groups in total. The largest absolute Gasteiger partial charge is 0.440 e. The van der Waals surface area contributed by atoms with Gasteiger partial charge in [0.2, 0.25) is 5.89 Å². The van der Waals surface area contributed by atoms with Crippen molar-refractivity contribution in [3.05, 3.63) is 114 Å². The highest BCUT2D eigenvalue weighted by molar-refractivity contribution is 5.57. The molecule has 0 unspecified atom stereocenters. The fraction of sp³-hybridized carbons (Fsp3) is 0.0870. The molecule has 3 aromatic carbocycles. The molecule has 140 valence electrons. The summed E-state index contributed by atoms with van der Waals surface area (Å²) in [5, 5.41) is 0. The van der Waals surface area contributed by atoms with Gasteiger partial charge in [-0.2, -0.15) is 13.2 Å². The van der Waals surface area contributed by atoms with Crippen LogP contribution in [0.5, 0.6) is 0 Å². The molecule has 0 saturated heterocycles. The van der Waals surface area contributed by atoms with Crippen LogP contribution < -0.4 is 0 Å². The summed E-state index contributed by atoms with van der Waals surface area (Å²) in [6, 6.07) is 24.6. The Labute approximate surface area is 160 Å². The van der Waals surface area contributed by atoms with Crippen LogP contribution in [-0.4, -0.2) is 4.98 Å². The van der Waals surface area contributed by atoms with Crippen LogP contribution in [0, 0.1) is 0 Å². The van der Waals surface area contributed by atoms with Crippen molar-refractivity contribution in [1.29, 1.82) is 0 Å². The van der Waals surface area contributed by atoms with Crippen LogP contribution in [0.15, 0.2) is 95.5 Å². The molecule has 0 radical (unpaired) electrons. The molecule has 0 bridgehead atoms. The van der Waals surface area contributed by atoms with E-state index in [0.717, 1.165) is 23.3 Å². The normalized spacial score (nSPS) is 11.7. The van der Waals surface area contributed by atoms with Gasteiger partial charge in [0.25, 0.3) is 0 Å². The molecule has 1 aromatic heterocycles. The smallest absolute Gasteiger partial charge is 0.416 e. The Hall–Kier alpha value is -3.34. The van der Waals surface area contributed by atoms with Gasteiger partial charge in [-0.1, -0.05) is 72.8 Å². The molecule has 0 aliphatic carbocycles. The van der Waals surface area contributed by atoms with Gasteiger partial charge in [0.05, 0.1) is 17.7 Å². The molecule has 0 amide bonds. The van der Waals surface area contributed by atoms with E-state index in [1.165, 1.54) is 12.1 Å². The second-order valence-electron chi connectivity index (χ2n) is 6.39. The fourth-order valence-corrected chi connectivity index (χ4v) is 3.15. The predicted molar refractivity (Wildman–Crippen MR) is 101 cm³/mol. The summed E-state index contributed by atoms with van der Waals surface area (Å²) in [4.78, 5) is 4.43. The Morgan fingerprint density at radius 1 is 0.714 bits per heavy atom. The van der Waals surface area contributed by atoms with Crippen molar-refractivity contribution in [3.63, 3.8) is 0 Å². The first-order chi connectivity index (χ1) is 13.5. The lowest BCUT2D eigenvalue weighted by Gasteiger charge is -2.14. The summed E-state index contributed by atoms with van der Waals surface area (Å²) in [6.45, 7) is 0. The number of aromatic nitrogens is 1. The number of oxazole rings is 1. The van der Waals surface area contributed by atoms with Crippen LogP contribution in [0.4, 0.5) is 13.2 Å². The lowest BCUT2D eigenvalue weighted by Crippen LogP contribution is -2.04. The number of hydrogen-bond acceptors (Lipinski definition) is 2. The van der Waals surface area contributed by atoms with E-state index in [2.05, 4.69) is 4.98 Å². The highest BCUT2D eigenvalue weighted by Gasteiger charge is 2.30. The first-order valence-corrected chi connectivity index (χ1v) is 8.75. The third-order valence-corrected chi connectivity index (χ3v) is 4.53. The predicted octanol–water partition coefficient (Wildman–Crippen LogP) is 6.54. The van der Waals surface area contributed by atoms with E-state index in [1.807, 2.05) is 60.7 Å². The van der Waals surface area contributed by atoms with Crippen LogP contribution in [0.1, 0.15) is 28.5 Å². The molecule has 28 heavy (non-hydrogen) atoms. The van der Waals surface area contributed by atoms with Crippen LogP contribution >= 0.6 is 0 Å². The quantitative estimate of drug-likeness (QED) is 0.402. The Balaban J connectivity index is 1.71. The number of benzene rings is 3. The molecule has 0 saturated carbocycles. The molecule has 0 spiro atoms. The lowest BCUT2D eigenvalue weighted by molar-refractivity contribution is -0.137. The zero-order valence-electron chi connectivity index (χ0n) is 14.7. The minimum Gasteiger partial charge on any atom is -0.440 e. The maximum Gasteiger partial charge on any atom is 0.416 e. The molecular weight excluding hydrogens is 363 g/mol. The Morgan fingerprint density at radius 3 is 1.75 bits per heavy atom. The molecule has 5 heteroatoms. The van der Waals surface area contributed by atoms with Crippen molar-refractivity contribution in [3.8, 4) is 11.3 Å². The molecular formula is C23H16F3NO. The van der Waals surface area contributed by atoms with Gasteiger partial charge in [0.1, 0.15) is 0 Å².